The molecule has 1 N–H and O–H groups in total. The van der Waals surface area contributed by atoms with E-state index in [-0.39, 0.29) is 11.6 Å². The average Bonchev–Trinajstić information content (AvgIpc) is 3.40. The third-order valence-corrected chi connectivity index (χ3v) is 4.81. The molecule has 1 heterocycles. The Morgan fingerprint density at radius 2 is 1.89 bits per heavy atom. The lowest BCUT2D eigenvalue weighted by Gasteiger charge is -2.12. The maximum absolute atomic E-state index is 12.9. The van der Waals surface area contributed by atoms with Crippen LogP contribution in [0.15, 0.2) is 54.7 Å². The molecule has 4 nitrogen and oxygen atoms in total. The molecule has 4 rings (SSSR count). The summed E-state index contributed by atoms with van der Waals surface area (Å²) in [6, 6.07) is 12.4. The number of nitrogens with one attached hydrogen (secondary N) is 1. The van der Waals surface area contributed by atoms with Crippen molar-refractivity contribution in [3.8, 4) is 5.69 Å². The first-order valence-corrected chi connectivity index (χ1v) is 8.97. The van der Waals surface area contributed by atoms with Crippen molar-refractivity contribution in [3.63, 3.8) is 0 Å². The Kier molecular flexibility index (Phi) is 4.45. The highest BCUT2D eigenvalue weighted by molar-refractivity contribution is 6.05. The van der Waals surface area contributed by atoms with Crippen LogP contribution >= 0.6 is 0 Å². The average molecular weight is 385 g/mol. The van der Waals surface area contributed by atoms with Gasteiger partial charge in [0.1, 0.15) is 0 Å². The predicted molar refractivity (Wildman–Crippen MR) is 99.7 cm³/mol. The van der Waals surface area contributed by atoms with E-state index in [0.717, 1.165) is 41.9 Å². The monoisotopic (exact) mass is 385 g/mol. The van der Waals surface area contributed by atoms with Crippen LogP contribution in [0.4, 0.5) is 18.9 Å². The Labute approximate surface area is 160 Å². The van der Waals surface area contributed by atoms with Crippen molar-refractivity contribution >= 4 is 11.6 Å². The molecule has 0 unspecified atom stereocenters. The molecular weight excluding hydrogens is 367 g/mol. The number of alkyl halides is 3. The molecule has 0 spiro atoms. The molecule has 0 saturated heterocycles. The number of hydrogen-bond acceptors (Lipinski definition) is 2. The lowest BCUT2D eigenvalue weighted by atomic mass is 10.1. The van der Waals surface area contributed by atoms with Gasteiger partial charge in [-0.2, -0.15) is 18.3 Å². The number of anilines is 1. The zero-order chi connectivity index (χ0) is 19.9. The van der Waals surface area contributed by atoms with Gasteiger partial charge in [-0.1, -0.05) is 24.3 Å². The second-order valence-electron chi connectivity index (χ2n) is 6.95. The van der Waals surface area contributed by atoms with E-state index in [0.29, 0.717) is 5.56 Å². The Hall–Kier alpha value is -3.09. The normalized spacial score (nSPS) is 14.1. The summed E-state index contributed by atoms with van der Waals surface area (Å²) in [5, 5.41) is 6.98. The summed E-state index contributed by atoms with van der Waals surface area (Å²) >= 11 is 0. The van der Waals surface area contributed by atoms with Crippen LogP contribution in [0.3, 0.4) is 0 Å². The topological polar surface area (TPSA) is 46.9 Å². The van der Waals surface area contributed by atoms with Gasteiger partial charge in [-0.05, 0) is 49.6 Å². The van der Waals surface area contributed by atoms with E-state index in [1.54, 1.807) is 4.68 Å². The molecule has 1 saturated carbocycles. The fraction of sp³-hybridized carbons (Fsp3) is 0.238. The number of carbonyl (C=O) groups excluding carboxylic acids is 1. The van der Waals surface area contributed by atoms with Gasteiger partial charge in [-0.3, -0.25) is 4.79 Å². The van der Waals surface area contributed by atoms with Crippen LogP contribution in [0.1, 0.15) is 45.9 Å². The number of para-hydroxylation sites is 1. The van der Waals surface area contributed by atoms with Gasteiger partial charge in [0.2, 0.25) is 0 Å². The zero-order valence-electron chi connectivity index (χ0n) is 15.1. The number of halogens is 3. The van der Waals surface area contributed by atoms with Crippen molar-refractivity contribution < 1.29 is 18.0 Å². The Morgan fingerprint density at radius 3 is 2.57 bits per heavy atom. The molecule has 1 amide bonds. The largest absolute Gasteiger partial charge is 0.416 e. The molecule has 0 atom stereocenters. The van der Waals surface area contributed by atoms with Crippen LogP contribution < -0.4 is 5.32 Å². The van der Waals surface area contributed by atoms with E-state index >= 15 is 0 Å². The standard InChI is InChI=1S/C21H18F3N3O/c1-13-5-2-3-8-18(13)27-19(14-9-10-14)17(12-25-27)20(28)26-16-7-4-6-15(11-16)21(22,23)24/h2-8,11-12,14H,9-10H2,1H3,(H,26,28). The second-order valence-corrected chi connectivity index (χ2v) is 6.95. The number of amides is 1. The third-order valence-electron chi connectivity index (χ3n) is 4.81. The minimum absolute atomic E-state index is 0.102. The fourth-order valence-electron chi connectivity index (χ4n) is 3.25. The third kappa shape index (κ3) is 3.52. The number of hydrogen-bond donors (Lipinski definition) is 1. The van der Waals surface area contributed by atoms with Gasteiger partial charge in [0, 0.05) is 11.6 Å². The molecule has 0 aliphatic heterocycles. The van der Waals surface area contributed by atoms with Crippen LogP contribution in [0.25, 0.3) is 5.69 Å². The highest BCUT2D eigenvalue weighted by Gasteiger charge is 2.34. The SMILES string of the molecule is Cc1ccccc1-n1ncc(C(=O)Nc2cccc(C(F)(F)F)c2)c1C1CC1. The summed E-state index contributed by atoms with van der Waals surface area (Å²) < 4.78 is 40.5. The van der Waals surface area contributed by atoms with Gasteiger partial charge < -0.3 is 5.32 Å². The summed E-state index contributed by atoms with van der Waals surface area (Å²) in [6.45, 7) is 1.97. The van der Waals surface area contributed by atoms with Gasteiger partial charge in [-0.15, -0.1) is 0 Å². The van der Waals surface area contributed by atoms with E-state index in [4.69, 9.17) is 0 Å². The summed E-state index contributed by atoms with van der Waals surface area (Å²) in [5.74, 6) is -0.231. The maximum Gasteiger partial charge on any atom is 0.416 e. The molecular formula is C21H18F3N3O. The van der Waals surface area contributed by atoms with Crippen molar-refractivity contribution in [2.45, 2.75) is 31.9 Å². The lowest BCUT2D eigenvalue weighted by Crippen LogP contribution is -2.15. The fourth-order valence-corrected chi connectivity index (χ4v) is 3.25. The van der Waals surface area contributed by atoms with Crippen molar-refractivity contribution in [3.05, 3.63) is 77.1 Å². The van der Waals surface area contributed by atoms with Gasteiger partial charge >= 0.3 is 6.18 Å². The molecule has 1 fully saturated rings. The molecule has 28 heavy (non-hydrogen) atoms. The number of carbonyl (C=O) groups is 1. The molecule has 1 aliphatic rings. The molecule has 1 aromatic heterocycles. The summed E-state index contributed by atoms with van der Waals surface area (Å²) in [6.07, 6.45) is -1.05. The number of aromatic nitrogens is 2. The number of rotatable bonds is 4. The van der Waals surface area contributed by atoms with Crippen LogP contribution in [0.2, 0.25) is 0 Å². The van der Waals surface area contributed by atoms with Gasteiger partial charge in [0.25, 0.3) is 5.91 Å². The van der Waals surface area contributed by atoms with Gasteiger partial charge in [-0.25, -0.2) is 4.68 Å². The van der Waals surface area contributed by atoms with E-state index < -0.39 is 17.6 Å². The van der Waals surface area contributed by atoms with Gasteiger partial charge in [0.05, 0.1) is 28.7 Å². The van der Waals surface area contributed by atoms with E-state index in [2.05, 4.69) is 10.4 Å². The van der Waals surface area contributed by atoms with Gasteiger partial charge in [0.15, 0.2) is 0 Å². The highest BCUT2D eigenvalue weighted by atomic mass is 19.4. The lowest BCUT2D eigenvalue weighted by molar-refractivity contribution is -0.137. The van der Waals surface area contributed by atoms with E-state index in [1.165, 1.54) is 18.3 Å². The second kappa shape index (κ2) is 6.82. The summed E-state index contributed by atoms with van der Waals surface area (Å²) in [5.41, 5.74) is 2.41. The van der Waals surface area contributed by atoms with Crippen molar-refractivity contribution in [1.29, 1.82) is 0 Å². The zero-order valence-corrected chi connectivity index (χ0v) is 15.1. The molecule has 0 bridgehead atoms. The maximum atomic E-state index is 12.9. The number of benzene rings is 2. The number of aryl methyl sites for hydroxylation is 1. The molecule has 2 aromatic carbocycles. The molecule has 144 valence electrons. The van der Waals surface area contributed by atoms with Crippen LogP contribution in [-0.2, 0) is 6.18 Å². The summed E-state index contributed by atoms with van der Waals surface area (Å²) in [7, 11) is 0. The van der Waals surface area contributed by atoms with Crippen LogP contribution in [0, 0.1) is 6.92 Å². The minimum Gasteiger partial charge on any atom is -0.322 e. The van der Waals surface area contributed by atoms with Crippen molar-refractivity contribution in [1.82, 2.24) is 9.78 Å². The molecule has 3 aromatic rings. The Balaban J connectivity index is 1.67. The molecule has 7 heteroatoms. The first-order valence-electron chi connectivity index (χ1n) is 8.97. The summed E-state index contributed by atoms with van der Waals surface area (Å²) in [4.78, 5) is 12.8. The van der Waals surface area contributed by atoms with E-state index in [9.17, 15) is 18.0 Å². The highest BCUT2D eigenvalue weighted by Crippen LogP contribution is 2.43. The van der Waals surface area contributed by atoms with Crippen LogP contribution in [-0.4, -0.2) is 15.7 Å². The van der Waals surface area contributed by atoms with Crippen molar-refractivity contribution in [2.24, 2.45) is 0 Å². The molecule has 0 radical (unpaired) electrons. The van der Waals surface area contributed by atoms with Crippen LogP contribution in [0.5, 0.6) is 0 Å². The first-order chi connectivity index (χ1) is 13.3. The van der Waals surface area contributed by atoms with Crippen molar-refractivity contribution in [2.75, 3.05) is 5.32 Å². The minimum atomic E-state index is -4.46. The number of nitrogens with zero attached hydrogens (tertiary/aromatic N) is 2. The predicted octanol–water partition coefficient (Wildman–Crippen LogP) is 5.33. The smallest absolute Gasteiger partial charge is 0.322 e. The Bertz CT molecular complexity index is 1040. The first kappa shape index (κ1) is 18.3. The Morgan fingerprint density at radius 1 is 1.14 bits per heavy atom. The molecule has 1 aliphatic carbocycles. The van der Waals surface area contributed by atoms with E-state index in [1.807, 2.05) is 31.2 Å². The quantitative estimate of drug-likeness (QED) is 0.660.